The molecule has 4 aliphatic rings. The molecule has 0 aromatic rings. The molecule has 22 valence electrons. The highest BCUT2D eigenvalue weighted by atomic mass is 28.1. The van der Waals surface area contributed by atoms with Crippen molar-refractivity contribution in [2.45, 2.75) is 0 Å². The van der Waals surface area contributed by atoms with E-state index >= 15 is 0 Å². The quantitative estimate of drug-likeness (QED) is 0.286. The largest absolute Gasteiger partial charge is 2.00 e. The van der Waals surface area contributed by atoms with Crippen LogP contribution in [0.25, 0.3) is 0 Å². The Kier molecular flexibility index (Phi) is 0.145. The van der Waals surface area contributed by atoms with E-state index in [1.54, 1.807) is 0 Å². The molecule has 0 nitrogen and oxygen atoms in total. The summed E-state index contributed by atoms with van der Waals surface area (Å²) >= 11 is 0. The Hall–Kier alpha value is 0.606. The molecular weight excluding hydrogens is 93.0 g/mol. The van der Waals surface area contributed by atoms with Crippen molar-refractivity contribution in [1.29, 1.82) is 0 Å². The summed E-state index contributed by atoms with van der Waals surface area (Å²) in [4.78, 5) is 0. The Labute approximate surface area is 48.6 Å². The molecule has 7 heteroatoms. The molecule has 0 unspecified atom stereocenters. The van der Waals surface area contributed by atoms with Crippen molar-refractivity contribution < 1.29 is 0 Å². The van der Waals surface area contributed by atoms with Crippen LogP contribution in [-0.2, 0) is 0 Å². The second-order valence-electron chi connectivity index (χ2n) is 4.62. The Balaban J connectivity index is 0.000000200. The summed E-state index contributed by atoms with van der Waals surface area (Å²) in [5.41, 5.74) is 1.33. The van der Waals surface area contributed by atoms with Gasteiger partial charge in [-0.3, -0.25) is 11.4 Å². The maximum absolute atomic E-state index is 1.50. The van der Waals surface area contributed by atoms with Crippen LogP contribution in [0.2, 0.25) is 0 Å². The molecule has 4 aliphatic heterocycles. The summed E-state index contributed by atoms with van der Waals surface area (Å²) in [5, 5.41) is 0. The van der Waals surface area contributed by atoms with Crippen LogP contribution in [-0.4, -0.2) is 47.9 Å². The van der Waals surface area contributed by atoms with E-state index in [1.165, 1.54) is 25.5 Å². The first-order valence-corrected chi connectivity index (χ1v) is 3.33. The number of rotatable bonds is 0. The molecule has 2 radical (unpaired) electrons. The van der Waals surface area contributed by atoms with Crippen LogP contribution in [0.5, 0.6) is 0 Å². The SMILES string of the molecule is B12B3[B-]14B1B4[B-]231.[Si+2]. The third-order valence-electron chi connectivity index (χ3n) is 5.66. The van der Waals surface area contributed by atoms with E-state index in [0.29, 0.717) is 11.4 Å². The molecular formula is B6Si. The molecule has 7 heavy (non-hydrogen) atoms. The minimum atomic E-state index is 0. The fourth-order valence-corrected chi connectivity index (χ4v) is 5.80. The van der Waals surface area contributed by atoms with Crippen LogP contribution in [0.4, 0.5) is 0 Å². The van der Waals surface area contributed by atoms with E-state index in [0.717, 1.165) is 0 Å². The number of hydrogen-bond acceptors (Lipinski definition) is 0. The lowest BCUT2D eigenvalue weighted by atomic mass is 8.44. The highest BCUT2D eigenvalue weighted by Gasteiger charge is 3.05. The van der Waals surface area contributed by atoms with Gasteiger partial charge in [-0.05, 0) is 0 Å². The van der Waals surface area contributed by atoms with E-state index in [2.05, 4.69) is 0 Å². The van der Waals surface area contributed by atoms with Crippen LogP contribution in [0.3, 0.4) is 0 Å². The summed E-state index contributed by atoms with van der Waals surface area (Å²) in [6.45, 7) is 0. The Morgan fingerprint density at radius 1 is 0.714 bits per heavy atom. The molecule has 0 aromatic heterocycles. The van der Waals surface area contributed by atoms with Gasteiger partial charge in [-0.1, -0.05) is 0 Å². The van der Waals surface area contributed by atoms with E-state index in [4.69, 9.17) is 0 Å². The highest BCUT2D eigenvalue weighted by Crippen LogP contribution is 2.99. The van der Waals surface area contributed by atoms with Gasteiger partial charge in [0.05, 0.1) is 0 Å². The van der Waals surface area contributed by atoms with Crippen LogP contribution >= 0.6 is 0 Å². The smallest absolute Gasteiger partial charge is 0.364 e. The second-order valence-corrected chi connectivity index (χ2v) is 4.62. The van der Waals surface area contributed by atoms with Crippen LogP contribution in [0, 0.1) is 0 Å². The third kappa shape index (κ3) is 0.0593. The van der Waals surface area contributed by atoms with Crippen LogP contribution in [0.1, 0.15) is 0 Å². The summed E-state index contributed by atoms with van der Waals surface area (Å²) in [6.07, 6.45) is 6.00. The minimum Gasteiger partial charge on any atom is -0.364 e. The van der Waals surface area contributed by atoms with Gasteiger partial charge in [0, 0.05) is 0 Å². The first kappa shape index (κ1) is 2.95. The van der Waals surface area contributed by atoms with Gasteiger partial charge in [-0.2, -0.15) is 0 Å². The Bertz CT molecular complexity index is 149. The van der Waals surface area contributed by atoms with E-state index in [1.807, 2.05) is 0 Å². The predicted molar refractivity (Wildman–Crippen MR) is 40.3 cm³/mol. The molecule has 0 saturated carbocycles. The minimum absolute atomic E-state index is 0. The summed E-state index contributed by atoms with van der Waals surface area (Å²) in [7, 11) is 0. The van der Waals surface area contributed by atoms with E-state index in [9.17, 15) is 0 Å². The first-order chi connectivity index (χ1) is 2.98. The molecule has 0 amide bonds. The first-order valence-electron chi connectivity index (χ1n) is 3.33. The lowest BCUT2D eigenvalue weighted by Crippen LogP contribution is -2.75. The predicted octanol–water partition coefficient (Wildman–Crippen LogP) is -2.67. The van der Waals surface area contributed by atoms with E-state index in [-0.39, 0.29) is 11.0 Å². The van der Waals surface area contributed by atoms with Crippen molar-refractivity contribution in [3.8, 4) is 0 Å². The molecule has 4 fully saturated rings. The third-order valence-corrected chi connectivity index (χ3v) is 5.66. The lowest BCUT2D eigenvalue weighted by molar-refractivity contribution is 3.38. The van der Waals surface area contributed by atoms with Gasteiger partial charge in [0.1, 0.15) is 0 Å². The number of fused-ring (bicyclic) bond motifs is 10. The molecule has 0 aliphatic carbocycles. The van der Waals surface area contributed by atoms with Crippen molar-refractivity contribution in [3.63, 3.8) is 0 Å². The zero-order valence-corrected chi connectivity index (χ0v) is 4.96. The topological polar surface area (TPSA) is 0 Å². The van der Waals surface area contributed by atoms with Crippen molar-refractivity contribution in [2.24, 2.45) is 0 Å². The molecule has 0 bridgehead atoms. The average molecular weight is 93.0 g/mol. The van der Waals surface area contributed by atoms with E-state index < -0.39 is 0 Å². The van der Waals surface area contributed by atoms with Gasteiger partial charge in [-0.25, -0.2) is 0 Å². The van der Waals surface area contributed by atoms with Gasteiger partial charge in [0.15, 0.2) is 0 Å². The van der Waals surface area contributed by atoms with Gasteiger partial charge >= 0.3 is 11.0 Å². The summed E-state index contributed by atoms with van der Waals surface area (Å²) in [5.74, 6) is 0. The molecule has 0 atom stereocenters. The average Bonchev–Trinajstić information content (AvgIpc) is 2.12. The Morgan fingerprint density at radius 2 is 1.00 bits per heavy atom. The molecule has 0 aromatic carbocycles. The molecule has 4 rings (SSSR count). The van der Waals surface area contributed by atoms with Crippen LogP contribution in [0.15, 0.2) is 0 Å². The highest BCUT2D eigenvalue weighted by molar-refractivity contribution is 9.13. The molecule has 4 heterocycles. The van der Waals surface area contributed by atoms with Crippen molar-refractivity contribution in [2.75, 3.05) is 0 Å². The Morgan fingerprint density at radius 3 is 1.00 bits per heavy atom. The van der Waals surface area contributed by atoms with Crippen molar-refractivity contribution in [3.05, 3.63) is 0 Å². The van der Waals surface area contributed by atoms with Crippen LogP contribution < -0.4 is 0 Å². The molecule has 0 N–H and O–H groups in total. The van der Waals surface area contributed by atoms with Gasteiger partial charge in [-0.15, -0.1) is 0 Å². The number of hydrogen-bond donors (Lipinski definition) is 0. The normalized spacial score (nSPS) is 48.0. The maximum atomic E-state index is 1.50. The van der Waals surface area contributed by atoms with Gasteiger partial charge in [0.25, 0.3) is 0 Å². The lowest BCUT2D eigenvalue weighted by Gasteiger charge is -2.68. The van der Waals surface area contributed by atoms with Gasteiger partial charge in [0.2, 0.25) is 0 Å². The summed E-state index contributed by atoms with van der Waals surface area (Å²) in [6, 6.07) is 0. The maximum Gasteiger partial charge on any atom is 2.00 e. The monoisotopic (exact) mass is 94.0 g/mol. The zero-order valence-electron chi connectivity index (χ0n) is 3.96. The second kappa shape index (κ2) is 0.343. The summed E-state index contributed by atoms with van der Waals surface area (Å²) < 4.78 is 0. The zero-order chi connectivity index (χ0) is 3.31. The fourth-order valence-electron chi connectivity index (χ4n) is 5.80. The molecule has 2 spiro atoms. The van der Waals surface area contributed by atoms with Crippen molar-refractivity contribution >= 4 is 47.9 Å². The fraction of sp³-hybridized carbons (Fsp3) is 0. The van der Waals surface area contributed by atoms with Gasteiger partial charge < -0.3 is 25.5 Å². The standard InChI is InChI=1S/B6.Si/c1-2-5(1)3-4(5)6(1,2)3;/q-2;+2. The molecule has 4 saturated heterocycles. The van der Waals surface area contributed by atoms with Crippen molar-refractivity contribution in [1.82, 2.24) is 0 Å².